The van der Waals surface area contributed by atoms with Gasteiger partial charge in [-0.1, -0.05) is 34.1 Å². The number of allylic oxidation sites excluding steroid dienone is 1. The minimum atomic E-state index is -0.479. The Hall–Kier alpha value is -1.20. The van der Waals surface area contributed by atoms with Crippen LogP contribution < -0.4 is 0 Å². The van der Waals surface area contributed by atoms with Gasteiger partial charge < -0.3 is 5.11 Å². The topological polar surface area (TPSA) is 63.4 Å². The summed E-state index contributed by atoms with van der Waals surface area (Å²) in [7, 11) is 0. The van der Waals surface area contributed by atoms with Crippen LogP contribution in [0.2, 0.25) is 0 Å². The fourth-order valence-corrected chi connectivity index (χ4v) is 1.53. The van der Waals surface area contributed by atoms with Crippen molar-refractivity contribution in [3.05, 3.63) is 45.5 Å². The highest BCUT2D eigenvalue weighted by atomic mass is 79.9. The van der Waals surface area contributed by atoms with Gasteiger partial charge in [-0.3, -0.25) is 10.1 Å². The third-order valence-electron chi connectivity index (χ3n) is 2.06. The highest BCUT2D eigenvalue weighted by Gasteiger charge is 2.12. The summed E-state index contributed by atoms with van der Waals surface area (Å²) in [5, 5.41) is 20.5. The van der Waals surface area contributed by atoms with Gasteiger partial charge >= 0.3 is 0 Å². The Balaban J connectivity index is 2.98. The molecular formula is C11H12BrNO3. The normalized spacial score (nSPS) is 10.9. The van der Waals surface area contributed by atoms with Crippen LogP contribution in [0.5, 0.6) is 0 Å². The number of nitro benzene ring substituents is 1. The number of aliphatic hydroxyl groups is 1. The van der Waals surface area contributed by atoms with Gasteiger partial charge in [-0.15, -0.1) is 0 Å². The minimum absolute atomic E-state index is 0.0384. The fourth-order valence-electron chi connectivity index (χ4n) is 1.27. The Kier molecular flexibility index (Phi) is 5.14. The largest absolute Gasteiger partial charge is 0.391 e. The van der Waals surface area contributed by atoms with Crippen LogP contribution >= 0.6 is 15.9 Å². The first kappa shape index (κ1) is 12.9. The van der Waals surface area contributed by atoms with Gasteiger partial charge in [0, 0.05) is 11.4 Å². The molecule has 1 N–H and O–H groups in total. The first-order valence-corrected chi connectivity index (χ1v) is 5.92. The highest BCUT2D eigenvalue weighted by molar-refractivity contribution is 9.09. The molecule has 0 atom stereocenters. The van der Waals surface area contributed by atoms with Crippen molar-refractivity contribution in [1.82, 2.24) is 0 Å². The Morgan fingerprint density at radius 3 is 2.81 bits per heavy atom. The maximum atomic E-state index is 10.7. The predicted molar refractivity (Wildman–Crippen MR) is 66.5 cm³/mol. The zero-order valence-electron chi connectivity index (χ0n) is 8.60. The Bertz CT molecular complexity index is 404. The van der Waals surface area contributed by atoms with Crippen molar-refractivity contribution in [2.24, 2.45) is 0 Å². The minimum Gasteiger partial charge on any atom is -0.391 e. The van der Waals surface area contributed by atoms with Crippen LogP contribution in [0.1, 0.15) is 17.5 Å². The predicted octanol–water partition coefficient (Wildman–Crippen LogP) is 2.89. The zero-order chi connectivity index (χ0) is 12.0. The van der Waals surface area contributed by atoms with Gasteiger partial charge in [0.1, 0.15) is 0 Å². The molecule has 0 bridgehead atoms. The number of hydrogen-bond acceptors (Lipinski definition) is 3. The van der Waals surface area contributed by atoms with Crippen LogP contribution in [-0.2, 0) is 6.61 Å². The first-order valence-electron chi connectivity index (χ1n) is 4.79. The Morgan fingerprint density at radius 1 is 1.50 bits per heavy atom. The second kappa shape index (κ2) is 6.40. The van der Waals surface area contributed by atoms with E-state index in [4.69, 9.17) is 5.11 Å². The number of alkyl halides is 1. The molecule has 86 valence electrons. The average molecular weight is 286 g/mol. The molecule has 1 rings (SSSR count). The van der Waals surface area contributed by atoms with Crippen LogP contribution in [0.25, 0.3) is 6.08 Å². The van der Waals surface area contributed by atoms with Gasteiger partial charge in [-0.05, 0) is 18.1 Å². The molecule has 0 aliphatic rings. The quantitative estimate of drug-likeness (QED) is 0.514. The zero-order valence-corrected chi connectivity index (χ0v) is 10.2. The van der Waals surface area contributed by atoms with E-state index in [1.54, 1.807) is 12.1 Å². The Morgan fingerprint density at radius 2 is 2.25 bits per heavy atom. The van der Waals surface area contributed by atoms with E-state index in [1.807, 2.05) is 12.2 Å². The number of aliphatic hydroxyl groups excluding tert-OH is 1. The van der Waals surface area contributed by atoms with Gasteiger partial charge in [0.25, 0.3) is 5.69 Å². The van der Waals surface area contributed by atoms with Gasteiger partial charge in [0.15, 0.2) is 0 Å². The third-order valence-corrected chi connectivity index (χ3v) is 2.52. The molecule has 0 aliphatic carbocycles. The molecule has 0 unspecified atom stereocenters. The molecule has 0 aromatic heterocycles. The summed E-state index contributed by atoms with van der Waals surface area (Å²) in [5.41, 5.74) is 1.07. The lowest BCUT2D eigenvalue weighted by atomic mass is 10.1. The van der Waals surface area contributed by atoms with Crippen molar-refractivity contribution >= 4 is 27.7 Å². The lowest BCUT2D eigenvalue weighted by molar-refractivity contribution is -0.385. The van der Waals surface area contributed by atoms with Crippen LogP contribution in [0.3, 0.4) is 0 Å². The molecular weight excluding hydrogens is 274 g/mol. The maximum absolute atomic E-state index is 10.7. The monoisotopic (exact) mass is 285 g/mol. The maximum Gasteiger partial charge on any atom is 0.275 e. The summed E-state index contributed by atoms with van der Waals surface area (Å²) in [6, 6.07) is 4.80. The van der Waals surface area contributed by atoms with Crippen molar-refractivity contribution < 1.29 is 10.0 Å². The number of rotatable bonds is 5. The smallest absolute Gasteiger partial charge is 0.275 e. The molecule has 16 heavy (non-hydrogen) atoms. The SMILES string of the molecule is O=[N+]([O-])c1cc(C=CCCBr)ccc1CO. The summed E-state index contributed by atoms with van der Waals surface area (Å²) in [4.78, 5) is 10.2. The molecule has 0 spiro atoms. The van der Waals surface area contributed by atoms with E-state index in [0.29, 0.717) is 5.56 Å². The van der Waals surface area contributed by atoms with Crippen molar-refractivity contribution in [1.29, 1.82) is 0 Å². The summed E-state index contributed by atoms with van der Waals surface area (Å²) in [5.74, 6) is 0. The molecule has 4 nitrogen and oxygen atoms in total. The average Bonchev–Trinajstić information content (AvgIpc) is 2.29. The lowest BCUT2D eigenvalue weighted by Gasteiger charge is -2.00. The molecule has 0 radical (unpaired) electrons. The van der Waals surface area contributed by atoms with Crippen LogP contribution in [-0.4, -0.2) is 15.4 Å². The number of hydrogen-bond donors (Lipinski definition) is 1. The van der Waals surface area contributed by atoms with Crippen LogP contribution in [0, 0.1) is 10.1 Å². The summed E-state index contributed by atoms with van der Waals surface area (Å²) in [6.07, 6.45) is 4.64. The molecule has 0 amide bonds. The third kappa shape index (κ3) is 3.43. The standard InChI is InChI=1S/C11H12BrNO3/c12-6-2-1-3-9-4-5-10(8-14)11(7-9)13(15)16/h1,3-5,7,14H,2,6,8H2. The molecule has 0 fully saturated rings. The van der Waals surface area contributed by atoms with Crippen LogP contribution in [0.15, 0.2) is 24.3 Å². The van der Waals surface area contributed by atoms with Gasteiger partial charge in [0.05, 0.1) is 17.1 Å². The van der Waals surface area contributed by atoms with Crippen LogP contribution in [0.4, 0.5) is 5.69 Å². The number of nitrogens with zero attached hydrogens (tertiary/aromatic N) is 1. The molecule has 1 aromatic carbocycles. The van der Waals surface area contributed by atoms with E-state index >= 15 is 0 Å². The fraction of sp³-hybridized carbons (Fsp3) is 0.273. The summed E-state index contributed by atoms with van der Waals surface area (Å²) >= 11 is 3.29. The van der Waals surface area contributed by atoms with Crippen molar-refractivity contribution in [3.8, 4) is 0 Å². The molecule has 0 saturated heterocycles. The van der Waals surface area contributed by atoms with Crippen molar-refractivity contribution in [2.45, 2.75) is 13.0 Å². The first-order chi connectivity index (χ1) is 7.69. The van der Waals surface area contributed by atoms with Gasteiger partial charge in [-0.2, -0.15) is 0 Å². The Labute approximate surface area is 102 Å². The molecule has 0 aliphatic heterocycles. The molecule has 5 heteroatoms. The molecule has 1 aromatic rings. The number of nitro groups is 1. The van der Waals surface area contributed by atoms with Crippen molar-refractivity contribution in [3.63, 3.8) is 0 Å². The van der Waals surface area contributed by atoms with Gasteiger partial charge in [-0.25, -0.2) is 0 Å². The highest BCUT2D eigenvalue weighted by Crippen LogP contribution is 2.21. The summed E-state index contributed by atoms with van der Waals surface area (Å²) in [6.45, 7) is -0.318. The lowest BCUT2D eigenvalue weighted by Crippen LogP contribution is -1.95. The molecule has 0 heterocycles. The van der Waals surface area contributed by atoms with E-state index in [0.717, 1.165) is 17.3 Å². The number of halogens is 1. The van der Waals surface area contributed by atoms with Gasteiger partial charge in [0.2, 0.25) is 0 Å². The number of benzene rings is 1. The van der Waals surface area contributed by atoms with E-state index in [2.05, 4.69) is 15.9 Å². The van der Waals surface area contributed by atoms with E-state index in [-0.39, 0.29) is 12.3 Å². The van der Waals surface area contributed by atoms with Crippen molar-refractivity contribution in [2.75, 3.05) is 5.33 Å². The second-order valence-corrected chi connectivity index (χ2v) is 3.98. The van der Waals surface area contributed by atoms with E-state index < -0.39 is 4.92 Å². The van der Waals surface area contributed by atoms with E-state index in [1.165, 1.54) is 6.07 Å². The second-order valence-electron chi connectivity index (χ2n) is 3.18. The molecule has 0 saturated carbocycles. The van der Waals surface area contributed by atoms with E-state index in [9.17, 15) is 10.1 Å². The summed E-state index contributed by atoms with van der Waals surface area (Å²) < 4.78 is 0.